The smallest absolute Gasteiger partial charge is 0.298 e. The van der Waals surface area contributed by atoms with Crippen LogP contribution in [0.5, 0.6) is 5.75 Å². The number of nitrogens with zero attached hydrogens (tertiary/aromatic N) is 2. The first kappa shape index (κ1) is 39.4. The Bertz CT molecular complexity index is 1640. The third-order valence-electron chi connectivity index (χ3n) is 18.5. The molecule has 9 atom stereocenters. The second-order valence-corrected chi connectivity index (χ2v) is 21.1. The van der Waals surface area contributed by atoms with Crippen LogP contribution in [0.3, 0.4) is 0 Å². The molecule has 1 amide bonds. The maximum absolute atomic E-state index is 13.2. The fourth-order valence-electron chi connectivity index (χ4n) is 15.6. The van der Waals surface area contributed by atoms with Crippen molar-refractivity contribution in [3.8, 4) is 5.75 Å². The number of hydrogen-bond donors (Lipinski definition) is 1. The van der Waals surface area contributed by atoms with Crippen LogP contribution in [-0.2, 0) is 9.59 Å². The van der Waals surface area contributed by atoms with Crippen LogP contribution >= 0.6 is 0 Å². The van der Waals surface area contributed by atoms with Crippen molar-refractivity contribution in [1.29, 1.82) is 0 Å². The average molecular weight is 752 g/mol. The van der Waals surface area contributed by atoms with E-state index in [1.165, 1.54) is 87.3 Å². The van der Waals surface area contributed by atoms with Gasteiger partial charge in [0, 0.05) is 50.7 Å². The van der Waals surface area contributed by atoms with Gasteiger partial charge in [-0.2, -0.15) is 0 Å². The summed E-state index contributed by atoms with van der Waals surface area (Å²) >= 11 is 0. The number of ether oxygens (including phenoxy) is 1. The predicted octanol–water partition coefficient (Wildman–Crippen LogP) is 9.94. The summed E-state index contributed by atoms with van der Waals surface area (Å²) < 4.78 is 5.13. The van der Waals surface area contributed by atoms with E-state index in [4.69, 9.17) is 4.74 Å². The van der Waals surface area contributed by atoms with Gasteiger partial charge in [0.2, 0.25) is 5.91 Å². The summed E-state index contributed by atoms with van der Waals surface area (Å²) in [6, 6.07) is 8.18. The van der Waals surface area contributed by atoms with Crippen molar-refractivity contribution in [2.45, 2.75) is 137 Å². The Hall–Kier alpha value is -2.44. The molecule has 1 aromatic carbocycles. The minimum atomic E-state index is 0.0683. The van der Waals surface area contributed by atoms with Crippen LogP contribution < -0.4 is 10.1 Å². The molecule has 302 valence electrons. The number of rotatable bonds is 9. The largest absolute Gasteiger partial charge is 0.429 e. The van der Waals surface area contributed by atoms with Crippen molar-refractivity contribution in [2.24, 2.45) is 57.2 Å². The van der Waals surface area contributed by atoms with E-state index in [1.54, 1.807) is 0 Å². The molecule has 0 radical (unpaired) electrons. The Morgan fingerprint density at radius 2 is 1.58 bits per heavy atom. The number of amides is 1. The molecule has 7 aliphatic rings. The lowest BCUT2D eigenvalue weighted by molar-refractivity contribution is -0.219. The Balaban J connectivity index is 0.971. The zero-order valence-electron chi connectivity index (χ0n) is 35.4. The predicted molar refractivity (Wildman–Crippen MR) is 223 cm³/mol. The number of piperazine rings is 1. The highest BCUT2D eigenvalue weighted by molar-refractivity contribution is 5.79. The van der Waals surface area contributed by atoms with Crippen molar-refractivity contribution in [3.05, 3.63) is 48.1 Å². The molecule has 8 rings (SSSR count). The molecule has 6 heteroatoms. The molecule has 6 nitrogen and oxygen atoms in total. The van der Waals surface area contributed by atoms with Crippen LogP contribution in [-0.4, -0.2) is 67.0 Å². The molecule has 1 aliphatic heterocycles. The van der Waals surface area contributed by atoms with Crippen molar-refractivity contribution >= 4 is 18.0 Å². The molecule has 1 N–H and O–H groups in total. The van der Waals surface area contributed by atoms with Gasteiger partial charge in [0.1, 0.15) is 5.75 Å². The number of nitrogens with one attached hydrogen (secondary N) is 1. The molecular formula is C49H73N3O3. The van der Waals surface area contributed by atoms with Gasteiger partial charge in [0.15, 0.2) is 0 Å². The van der Waals surface area contributed by atoms with Crippen LogP contribution in [0.4, 0.5) is 0 Å². The third kappa shape index (κ3) is 6.41. The minimum Gasteiger partial charge on any atom is -0.429 e. The van der Waals surface area contributed by atoms with Gasteiger partial charge in [-0.05, 0) is 152 Å². The molecule has 0 unspecified atom stereocenters. The van der Waals surface area contributed by atoms with Crippen molar-refractivity contribution < 1.29 is 14.3 Å². The highest BCUT2D eigenvalue weighted by Gasteiger charge is 2.70. The fraction of sp³-hybridized carbons (Fsp3) is 0.755. The molecule has 0 bridgehead atoms. The summed E-state index contributed by atoms with van der Waals surface area (Å²) in [6.45, 7) is 26.7. The molecule has 1 saturated heterocycles. The number of hydrogen-bond acceptors (Lipinski definition) is 5. The average Bonchev–Trinajstić information content (AvgIpc) is 3.56. The minimum absolute atomic E-state index is 0.0683. The summed E-state index contributed by atoms with van der Waals surface area (Å²) in [6.07, 6.45) is 20.2. The number of allylic oxidation sites excluding steroid dienone is 3. The van der Waals surface area contributed by atoms with Gasteiger partial charge in [-0.3, -0.25) is 14.5 Å². The molecule has 1 heterocycles. The van der Waals surface area contributed by atoms with E-state index in [0.717, 1.165) is 64.4 Å². The molecule has 0 spiro atoms. The fourth-order valence-corrected chi connectivity index (χ4v) is 15.6. The van der Waals surface area contributed by atoms with E-state index in [9.17, 15) is 9.59 Å². The lowest BCUT2D eigenvalue weighted by atomic mass is 9.33. The quantitative estimate of drug-likeness (QED) is 0.201. The lowest BCUT2D eigenvalue weighted by Gasteiger charge is -2.72. The van der Waals surface area contributed by atoms with Gasteiger partial charge >= 0.3 is 0 Å². The zero-order valence-corrected chi connectivity index (χ0v) is 35.4. The highest BCUT2D eigenvalue weighted by Crippen LogP contribution is 2.76. The van der Waals surface area contributed by atoms with Crippen LogP contribution in [0.2, 0.25) is 0 Å². The molecule has 1 aromatic rings. The number of carbonyl (C=O) groups is 2. The number of carbonyl (C=O) groups excluding carboxylic acids is 2. The van der Waals surface area contributed by atoms with E-state index in [1.807, 2.05) is 12.1 Å². The van der Waals surface area contributed by atoms with Gasteiger partial charge in [-0.25, -0.2) is 0 Å². The third-order valence-corrected chi connectivity index (χ3v) is 18.5. The summed E-state index contributed by atoms with van der Waals surface area (Å²) in [5.74, 6) is 4.69. The van der Waals surface area contributed by atoms with Crippen molar-refractivity contribution in [1.82, 2.24) is 15.1 Å². The Morgan fingerprint density at radius 3 is 2.27 bits per heavy atom. The molecule has 6 aliphatic carbocycles. The zero-order chi connectivity index (χ0) is 38.8. The monoisotopic (exact) mass is 752 g/mol. The Morgan fingerprint density at radius 1 is 0.855 bits per heavy atom. The first-order valence-corrected chi connectivity index (χ1v) is 22.6. The van der Waals surface area contributed by atoms with Gasteiger partial charge < -0.3 is 15.0 Å². The second-order valence-electron chi connectivity index (χ2n) is 21.1. The molecule has 0 aromatic heterocycles. The Labute approximate surface area is 333 Å². The van der Waals surface area contributed by atoms with Gasteiger partial charge in [0.25, 0.3) is 6.47 Å². The SMILES string of the molecule is C=C(C)[C@@H]1CC[C@]2(NCCN3CCN(C(=O)C4CCCCC4)CC3)CC[C@]3(C)[C@H](CC[C@@H]4[C@@]5(C)CC=C(c6ccc(OC=O)cc6)C(C)(C)[C@@H]5CC[C@]43C)[C@@H]12. The van der Waals surface area contributed by atoms with Crippen molar-refractivity contribution in [3.63, 3.8) is 0 Å². The topological polar surface area (TPSA) is 61.9 Å². The first-order valence-electron chi connectivity index (χ1n) is 22.6. The summed E-state index contributed by atoms with van der Waals surface area (Å²) in [4.78, 5) is 29.0. The molecular weight excluding hydrogens is 679 g/mol. The summed E-state index contributed by atoms with van der Waals surface area (Å²) in [7, 11) is 0. The van der Waals surface area contributed by atoms with E-state index >= 15 is 0 Å². The number of benzene rings is 1. The molecule has 55 heavy (non-hydrogen) atoms. The molecule has 5 saturated carbocycles. The van der Waals surface area contributed by atoms with Gasteiger partial charge in [-0.1, -0.05) is 84.2 Å². The lowest BCUT2D eigenvalue weighted by Crippen LogP contribution is -2.68. The van der Waals surface area contributed by atoms with E-state index in [2.05, 4.69) is 81.4 Å². The van der Waals surface area contributed by atoms with E-state index in [0.29, 0.717) is 52.6 Å². The summed E-state index contributed by atoms with van der Waals surface area (Å²) in [5, 5.41) is 4.35. The van der Waals surface area contributed by atoms with Gasteiger partial charge in [-0.15, -0.1) is 0 Å². The van der Waals surface area contributed by atoms with Gasteiger partial charge in [0.05, 0.1) is 0 Å². The normalized spacial score (nSPS) is 40.2. The van der Waals surface area contributed by atoms with Crippen LogP contribution in [0.15, 0.2) is 42.5 Å². The Kier molecular flexibility index (Phi) is 10.6. The first-order chi connectivity index (χ1) is 26.3. The maximum atomic E-state index is 13.2. The summed E-state index contributed by atoms with van der Waals surface area (Å²) in [5.41, 5.74) is 5.35. The number of fused-ring (bicyclic) bond motifs is 7. The van der Waals surface area contributed by atoms with E-state index in [-0.39, 0.29) is 22.3 Å². The van der Waals surface area contributed by atoms with E-state index < -0.39 is 0 Å². The van der Waals surface area contributed by atoms with Crippen LogP contribution in [0.25, 0.3) is 5.57 Å². The van der Waals surface area contributed by atoms with Crippen LogP contribution in [0.1, 0.15) is 137 Å². The standard InChI is InChI=1S/C49H73N3O3/c1-34(2)38-19-24-49(50-27-28-51-29-31-52(32-30-51)44(54)36-11-9-8-10-12-36)26-25-47(6)40(43(38)49)17-18-42-46(5)22-20-39(35-13-15-37(16-14-35)55-33-53)45(3,4)41(46)21-23-48(42,47)7/h13-16,20,33,36,38,40-43,50H,1,8-12,17-19,21-32H2,2-7H3/t38-,40+,41-,42+,43+,46-,47+,48+,49-/m0/s1. The van der Waals surface area contributed by atoms with Crippen molar-refractivity contribution in [2.75, 3.05) is 39.3 Å². The van der Waals surface area contributed by atoms with Crippen LogP contribution in [0, 0.1) is 57.2 Å². The maximum Gasteiger partial charge on any atom is 0.298 e. The highest BCUT2D eigenvalue weighted by atomic mass is 16.5. The second kappa shape index (κ2) is 14.7. The molecule has 6 fully saturated rings.